The number of carbonyl (C=O) groups excluding carboxylic acids is 2. The van der Waals surface area contributed by atoms with Crippen molar-refractivity contribution in [3.8, 4) is 11.5 Å². The number of ketones is 1. The van der Waals surface area contributed by atoms with Crippen molar-refractivity contribution in [2.75, 3.05) is 18.1 Å². The number of carbonyl (C=O) groups is 2. The molecule has 37 heavy (non-hydrogen) atoms. The minimum absolute atomic E-state index is 0.0370. The van der Waals surface area contributed by atoms with E-state index in [4.69, 9.17) is 9.47 Å². The maximum atomic E-state index is 13.4. The molecule has 0 aromatic heterocycles. The van der Waals surface area contributed by atoms with Gasteiger partial charge in [-0.05, 0) is 66.8 Å². The Morgan fingerprint density at radius 3 is 2.35 bits per heavy atom. The number of aryl methyl sites for hydroxylation is 1. The maximum Gasteiger partial charge on any atom is 0.300 e. The average molecular weight is 500 g/mol. The first-order valence-electron chi connectivity index (χ1n) is 12.6. The van der Waals surface area contributed by atoms with E-state index >= 15 is 0 Å². The summed E-state index contributed by atoms with van der Waals surface area (Å²) in [6.45, 7) is 9.20. The predicted octanol–water partition coefficient (Wildman–Crippen LogP) is 6.44. The van der Waals surface area contributed by atoms with E-state index in [1.807, 2.05) is 56.3 Å². The van der Waals surface area contributed by atoms with E-state index in [1.54, 1.807) is 30.3 Å². The lowest BCUT2D eigenvalue weighted by Gasteiger charge is -2.26. The molecule has 1 heterocycles. The molecule has 0 spiro atoms. The van der Waals surface area contributed by atoms with Crippen molar-refractivity contribution >= 4 is 23.1 Å². The van der Waals surface area contributed by atoms with Crippen molar-refractivity contribution in [2.24, 2.45) is 5.92 Å². The highest BCUT2D eigenvalue weighted by atomic mass is 16.5. The van der Waals surface area contributed by atoms with Crippen LogP contribution in [-0.4, -0.2) is 30.0 Å². The summed E-state index contributed by atoms with van der Waals surface area (Å²) < 4.78 is 11.5. The topological polar surface area (TPSA) is 76.1 Å². The Morgan fingerprint density at radius 1 is 0.946 bits per heavy atom. The monoisotopic (exact) mass is 499 g/mol. The fourth-order valence-electron chi connectivity index (χ4n) is 4.31. The van der Waals surface area contributed by atoms with Gasteiger partial charge in [0.15, 0.2) is 0 Å². The second-order valence-electron chi connectivity index (χ2n) is 9.66. The molecule has 1 saturated heterocycles. The van der Waals surface area contributed by atoms with Gasteiger partial charge in [-0.3, -0.25) is 14.5 Å². The molecule has 6 nitrogen and oxygen atoms in total. The number of aliphatic hydroxyl groups excluding tert-OH is 1. The van der Waals surface area contributed by atoms with E-state index in [1.165, 1.54) is 4.90 Å². The van der Waals surface area contributed by atoms with E-state index in [0.29, 0.717) is 47.4 Å². The van der Waals surface area contributed by atoms with Gasteiger partial charge in [0.25, 0.3) is 11.7 Å². The van der Waals surface area contributed by atoms with E-state index in [-0.39, 0.29) is 11.3 Å². The Labute approximate surface area is 218 Å². The molecular formula is C31H33NO5. The minimum atomic E-state index is -0.804. The molecular weight excluding hydrogens is 466 g/mol. The lowest BCUT2D eigenvalue weighted by atomic mass is 9.95. The van der Waals surface area contributed by atoms with Crippen molar-refractivity contribution in [3.63, 3.8) is 0 Å². The number of hydrogen-bond acceptors (Lipinski definition) is 5. The maximum absolute atomic E-state index is 13.4. The zero-order valence-electron chi connectivity index (χ0n) is 21.7. The van der Waals surface area contributed by atoms with Gasteiger partial charge >= 0.3 is 0 Å². The van der Waals surface area contributed by atoms with E-state index in [9.17, 15) is 14.7 Å². The summed E-state index contributed by atoms with van der Waals surface area (Å²) in [5.41, 5.74) is 2.69. The smallest absolute Gasteiger partial charge is 0.300 e. The zero-order valence-corrected chi connectivity index (χ0v) is 21.7. The second kappa shape index (κ2) is 11.3. The molecule has 0 radical (unpaired) electrons. The van der Waals surface area contributed by atoms with Crippen LogP contribution in [-0.2, 0) is 9.59 Å². The van der Waals surface area contributed by atoms with Crippen LogP contribution in [0.2, 0.25) is 0 Å². The van der Waals surface area contributed by atoms with Crippen LogP contribution in [0.5, 0.6) is 11.5 Å². The highest BCUT2D eigenvalue weighted by Gasteiger charge is 2.47. The number of nitrogens with zero attached hydrogens (tertiary/aromatic N) is 1. The molecule has 1 aliphatic heterocycles. The van der Waals surface area contributed by atoms with Crippen molar-refractivity contribution in [3.05, 3.63) is 95.1 Å². The molecule has 3 aromatic rings. The van der Waals surface area contributed by atoms with Crippen LogP contribution in [0, 0.1) is 12.8 Å². The summed E-state index contributed by atoms with van der Waals surface area (Å²) in [7, 11) is 0. The first kappa shape index (κ1) is 26.0. The highest BCUT2D eigenvalue weighted by Crippen LogP contribution is 2.42. The fraction of sp³-hybridized carbons (Fsp3) is 0.290. The van der Waals surface area contributed by atoms with Crippen LogP contribution < -0.4 is 14.4 Å². The number of Topliss-reactive ketones (excluding diaryl/α,β-unsaturated/α-hetero) is 1. The van der Waals surface area contributed by atoms with Crippen molar-refractivity contribution < 1.29 is 24.2 Å². The third-order valence-electron chi connectivity index (χ3n) is 6.08. The molecule has 0 bridgehead atoms. The molecule has 1 atom stereocenters. The molecule has 3 aromatic carbocycles. The molecule has 0 saturated carbocycles. The molecule has 1 aliphatic rings. The van der Waals surface area contributed by atoms with Gasteiger partial charge in [-0.15, -0.1) is 0 Å². The summed E-state index contributed by atoms with van der Waals surface area (Å²) in [6, 6.07) is 20.9. The van der Waals surface area contributed by atoms with E-state index in [2.05, 4.69) is 13.8 Å². The number of hydrogen-bond donors (Lipinski definition) is 1. The van der Waals surface area contributed by atoms with Crippen LogP contribution in [0.1, 0.15) is 49.9 Å². The molecule has 0 aliphatic carbocycles. The Morgan fingerprint density at radius 2 is 1.68 bits per heavy atom. The van der Waals surface area contributed by atoms with Gasteiger partial charge in [0.2, 0.25) is 0 Å². The lowest BCUT2D eigenvalue weighted by Crippen LogP contribution is -2.29. The Balaban J connectivity index is 1.83. The number of anilines is 1. The van der Waals surface area contributed by atoms with Gasteiger partial charge in [-0.1, -0.05) is 57.2 Å². The van der Waals surface area contributed by atoms with Gasteiger partial charge in [-0.2, -0.15) is 0 Å². The minimum Gasteiger partial charge on any atom is -0.507 e. The average Bonchev–Trinajstić information content (AvgIpc) is 3.16. The lowest BCUT2D eigenvalue weighted by molar-refractivity contribution is -0.132. The normalized spacial score (nSPS) is 16.9. The van der Waals surface area contributed by atoms with Crippen molar-refractivity contribution in [1.82, 2.24) is 0 Å². The van der Waals surface area contributed by atoms with Gasteiger partial charge in [0.05, 0.1) is 24.8 Å². The van der Waals surface area contributed by atoms with E-state index in [0.717, 1.165) is 12.0 Å². The second-order valence-corrected chi connectivity index (χ2v) is 9.66. The van der Waals surface area contributed by atoms with Crippen LogP contribution in [0.25, 0.3) is 5.76 Å². The Hall–Kier alpha value is -4.06. The standard InChI is InChI=1S/C31H33NO5/c1-5-16-36-26-11-7-9-23(18-26)29(33)27-28(22-12-14-25(15-13-22)37-19-20(2)3)32(31(35)30(27)34)24-10-6-8-21(4)17-24/h6-15,17-18,20,28,33H,5,16,19H2,1-4H3/b29-27+. The van der Waals surface area contributed by atoms with Crippen LogP contribution >= 0.6 is 0 Å². The Bertz CT molecular complexity index is 1310. The third-order valence-corrected chi connectivity index (χ3v) is 6.08. The van der Waals surface area contributed by atoms with Gasteiger partial charge in [0.1, 0.15) is 17.3 Å². The number of benzene rings is 3. The molecule has 4 rings (SSSR count). The third kappa shape index (κ3) is 5.69. The van der Waals surface area contributed by atoms with Crippen LogP contribution in [0.15, 0.2) is 78.4 Å². The number of aliphatic hydroxyl groups is 1. The van der Waals surface area contributed by atoms with Crippen molar-refractivity contribution in [1.29, 1.82) is 0 Å². The van der Waals surface area contributed by atoms with Gasteiger partial charge in [0, 0.05) is 11.3 Å². The summed E-state index contributed by atoms with van der Waals surface area (Å²) in [4.78, 5) is 28.3. The quantitative estimate of drug-likeness (QED) is 0.208. The Kier molecular flexibility index (Phi) is 7.97. The first-order chi connectivity index (χ1) is 17.8. The summed E-state index contributed by atoms with van der Waals surface area (Å²) in [5, 5.41) is 11.4. The van der Waals surface area contributed by atoms with Crippen LogP contribution in [0.4, 0.5) is 5.69 Å². The molecule has 1 N–H and O–H groups in total. The first-order valence-corrected chi connectivity index (χ1v) is 12.6. The van der Waals surface area contributed by atoms with Gasteiger partial charge in [-0.25, -0.2) is 0 Å². The number of ether oxygens (including phenoxy) is 2. The molecule has 1 fully saturated rings. The molecule has 192 valence electrons. The summed E-state index contributed by atoms with van der Waals surface area (Å²) in [5.74, 6) is 0.0122. The number of rotatable bonds is 9. The summed E-state index contributed by atoms with van der Waals surface area (Å²) in [6.07, 6.45) is 0.842. The largest absolute Gasteiger partial charge is 0.507 e. The van der Waals surface area contributed by atoms with E-state index < -0.39 is 17.7 Å². The molecule has 1 unspecified atom stereocenters. The van der Waals surface area contributed by atoms with Crippen molar-refractivity contribution in [2.45, 2.75) is 40.2 Å². The highest BCUT2D eigenvalue weighted by molar-refractivity contribution is 6.51. The SMILES string of the molecule is CCCOc1cccc(/C(O)=C2\C(=O)C(=O)N(c3cccc(C)c3)C2c2ccc(OCC(C)C)cc2)c1. The van der Waals surface area contributed by atoms with Gasteiger partial charge < -0.3 is 14.6 Å². The fourth-order valence-corrected chi connectivity index (χ4v) is 4.31. The van der Waals surface area contributed by atoms with Crippen LogP contribution in [0.3, 0.4) is 0 Å². The summed E-state index contributed by atoms with van der Waals surface area (Å²) >= 11 is 0. The molecule has 6 heteroatoms. The molecule has 1 amide bonds. The zero-order chi connectivity index (χ0) is 26.5. The number of amides is 1. The predicted molar refractivity (Wildman–Crippen MR) is 145 cm³/mol.